The molecular formula is C9H12O4S. The van der Waals surface area contributed by atoms with Gasteiger partial charge in [0.05, 0.1) is 0 Å². The highest BCUT2D eigenvalue weighted by molar-refractivity contribution is 7.86. The van der Waals surface area contributed by atoms with E-state index in [1.165, 1.54) is 6.92 Å². The predicted octanol–water partition coefficient (Wildman–Crippen LogP) is 1.56. The molecule has 0 spiro atoms. The maximum Gasteiger partial charge on any atom is 0.298 e. The summed E-state index contributed by atoms with van der Waals surface area (Å²) in [6, 6.07) is 1.61. The lowest BCUT2D eigenvalue weighted by Crippen LogP contribution is -2.03. The molecule has 0 aliphatic heterocycles. The summed E-state index contributed by atoms with van der Waals surface area (Å²) in [5.74, 6) is -0.370. The second-order valence-corrected chi connectivity index (χ2v) is 4.65. The summed E-state index contributed by atoms with van der Waals surface area (Å²) in [4.78, 5) is -0.402. The molecule has 0 heterocycles. The highest BCUT2D eigenvalue weighted by Crippen LogP contribution is 2.31. The van der Waals surface area contributed by atoms with Gasteiger partial charge >= 0.3 is 0 Å². The van der Waals surface area contributed by atoms with E-state index in [0.717, 1.165) is 5.56 Å². The van der Waals surface area contributed by atoms with E-state index in [4.69, 9.17) is 4.55 Å². The highest BCUT2D eigenvalue weighted by atomic mass is 32.2. The number of aromatic hydroxyl groups is 1. The highest BCUT2D eigenvalue weighted by Gasteiger charge is 2.20. The van der Waals surface area contributed by atoms with Crippen molar-refractivity contribution in [2.24, 2.45) is 0 Å². The summed E-state index contributed by atoms with van der Waals surface area (Å²) in [6.07, 6.45) is 0. The minimum Gasteiger partial charge on any atom is -0.506 e. The Morgan fingerprint density at radius 2 is 1.64 bits per heavy atom. The number of phenols is 1. The Bertz CT molecular complexity index is 474. The normalized spacial score (nSPS) is 11.7. The first-order valence-corrected chi connectivity index (χ1v) is 5.46. The minimum atomic E-state index is -4.35. The van der Waals surface area contributed by atoms with Crippen molar-refractivity contribution in [2.75, 3.05) is 0 Å². The van der Waals surface area contributed by atoms with Gasteiger partial charge in [0, 0.05) is 0 Å². The first-order chi connectivity index (χ1) is 6.25. The van der Waals surface area contributed by atoms with E-state index < -0.39 is 15.0 Å². The number of hydrogen-bond donors (Lipinski definition) is 2. The van der Waals surface area contributed by atoms with Crippen LogP contribution in [-0.2, 0) is 10.1 Å². The van der Waals surface area contributed by atoms with Crippen LogP contribution in [0.15, 0.2) is 11.0 Å². The third-order valence-electron chi connectivity index (χ3n) is 2.21. The fraction of sp³-hybridized carbons (Fsp3) is 0.333. The van der Waals surface area contributed by atoms with Gasteiger partial charge in [0.2, 0.25) is 0 Å². The van der Waals surface area contributed by atoms with Crippen molar-refractivity contribution in [2.45, 2.75) is 25.7 Å². The molecule has 0 saturated carbocycles. The van der Waals surface area contributed by atoms with Crippen LogP contribution in [0.2, 0.25) is 0 Å². The molecule has 1 rings (SSSR count). The van der Waals surface area contributed by atoms with E-state index in [1.807, 2.05) is 0 Å². The Morgan fingerprint density at radius 1 is 1.14 bits per heavy atom. The first-order valence-electron chi connectivity index (χ1n) is 4.02. The molecule has 0 amide bonds. The summed E-state index contributed by atoms with van der Waals surface area (Å²) in [5.41, 5.74) is 1.59. The molecule has 0 aromatic heterocycles. The zero-order valence-electron chi connectivity index (χ0n) is 8.20. The van der Waals surface area contributed by atoms with Crippen LogP contribution >= 0.6 is 0 Å². The zero-order chi connectivity index (χ0) is 11.1. The summed E-state index contributed by atoms with van der Waals surface area (Å²) < 4.78 is 30.7. The molecule has 2 N–H and O–H groups in total. The Balaban J connectivity index is 3.70. The van der Waals surface area contributed by atoms with Crippen molar-refractivity contribution < 1.29 is 18.1 Å². The van der Waals surface area contributed by atoms with Crippen LogP contribution in [0.1, 0.15) is 16.7 Å². The van der Waals surface area contributed by atoms with Crippen molar-refractivity contribution in [3.05, 3.63) is 22.8 Å². The van der Waals surface area contributed by atoms with Crippen molar-refractivity contribution in [1.82, 2.24) is 0 Å². The molecule has 0 atom stereocenters. The topological polar surface area (TPSA) is 74.6 Å². The van der Waals surface area contributed by atoms with Gasteiger partial charge in [0.1, 0.15) is 10.6 Å². The summed E-state index contributed by atoms with van der Waals surface area (Å²) in [5, 5.41) is 9.56. The van der Waals surface area contributed by atoms with Gasteiger partial charge < -0.3 is 5.11 Å². The van der Waals surface area contributed by atoms with E-state index in [2.05, 4.69) is 0 Å². The SMILES string of the molecule is Cc1cc(C)c(S(=O)(=O)O)c(O)c1C. The molecule has 5 heteroatoms. The molecule has 1 aromatic rings. The predicted molar refractivity (Wildman–Crippen MR) is 52.1 cm³/mol. The lowest BCUT2D eigenvalue weighted by atomic mass is 10.1. The maximum atomic E-state index is 10.9. The van der Waals surface area contributed by atoms with E-state index in [0.29, 0.717) is 11.1 Å². The molecule has 4 nitrogen and oxygen atoms in total. The van der Waals surface area contributed by atoms with E-state index in [9.17, 15) is 13.5 Å². The Kier molecular flexibility index (Phi) is 2.56. The van der Waals surface area contributed by atoms with Gasteiger partial charge in [0.25, 0.3) is 10.1 Å². The molecule has 1 aromatic carbocycles. The average molecular weight is 216 g/mol. The second kappa shape index (κ2) is 3.25. The summed E-state index contributed by atoms with van der Waals surface area (Å²) in [6.45, 7) is 4.88. The van der Waals surface area contributed by atoms with E-state index in [-0.39, 0.29) is 5.75 Å². The fourth-order valence-electron chi connectivity index (χ4n) is 1.37. The molecule has 78 valence electrons. The van der Waals surface area contributed by atoms with Gasteiger partial charge in [-0.1, -0.05) is 6.07 Å². The number of phenolic OH excluding ortho intramolecular Hbond substituents is 1. The molecule has 0 saturated heterocycles. The molecule has 0 radical (unpaired) electrons. The molecule has 0 aliphatic rings. The number of aryl methyl sites for hydroxylation is 2. The molecule has 0 fully saturated rings. The van der Waals surface area contributed by atoms with Gasteiger partial charge in [-0.3, -0.25) is 4.55 Å². The fourth-order valence-corrected chi connectivity index (χ4v) is 2.23. The lowest BCUT2D eigenvalue weighted by molar-refractivity contribution is 0.438. The van der Waals surface area contributed by atoms with Gasteiger partial charge in [0.15, 0.2) is 0 Å². The summed E-state index contributed by atoms with van der Waals surface area (Å²) in [7, 11) is -4.35. The van der Waals surface area contributed by atoms with Crippen molar-refractivity contribution in [3.63, 3.8) is 0 Å². The van der Waals surface area contributed by atoms with Crippen LogP contribution in [0, 0.1) is 20.8 Å². The third kappa shape index (κ3) is 1.73. The van der Waals surface area contributed by atoms with Gasteiger partial charge in [-0.05, 0) is 37.5 Å². The number of hydrogen-bond acceptors (Lipinski definition) is 3. The Morgan fingerprint density at radius 3 is 2.07 bits per heavy atom. The number of benzene rings is 1. The maximum absolute atomic E-state index is 10.9. The first kappa shape index (κ1) is 11.0. The van der Waals surface area contributed by atoms with Crippen molar-refractivity contribution in [1.29, 1.82) is 0 Å². The van der Waals surface area contributed by atoms with Gasteiger partial charge in [-0.25, -0.2) is 0 Å². The smallest absolute Gasteiger partial charge is 0.298 e. The van der Waals surface area contributed by atoms with Gasteiger partial charge in [-0.2, -0.15) is 8.42 Å². The van der Waals surface area contributed by atoms with Crippen molar-refractivity contribution in [3.8, 4) is 5.75 Å². The van der Waals surface area contributed by atoms with Crippen LogP contribution in [0.25, 0.3) is 0 Å². The molecule has 0 bridgehead atoms. The molecule has 0 unspecified atom stereocenters. The Hall–Kier alpha value is -1.07. The monoisotopic (exact) mass is 216 g/mol. The minimum absolute atomic E-state index is 0.341. The van der Waals surface area contributed by atoms with E-state index in [1.54, 1.807) is 19.9 Å². The van der Waals surface area contributed by atoms with Crippen LogP contribution in [0.4, 0.5) is 0 Å². The van der Waals surface area contributed by atoms with Crippen LogP contribution in [0.5, 0.6) is 5.75 Å². The molecular weight excluding hydrogens is 204 g/mol. The van der Waals surface area contributed by atoms with Crippen LogP contribution in [0.3, 0.4) is 0 Å². The van der Waals surface area contributed by atoms with Crippen LogP contribution < -0.4 is 0 Å². The Labute approximate surface area is 82.9 Å². The standard InChI is InChI=1S/C9H12O4S/c1-5-4-6(2)9(14(11,12)13)8(10)7(5)3/h4,10H,1-3H3,(H,11,12,13). The zero-order valence-corrected chi connectivity index (χ0v) is 9.01. The van der Waals surface area contributed by atoms with Crippen molar-refractivity contribution >= 4 is 10.1 Å². The van der Waals surface area contributed by atoms with Gasteiger partial charge in [-0.15, -0.1) is 0 Å². The lowest BCUT2D eigenvalue weighted by Gasteiger charge is -2.10. The second-order valence-electron chi connectivity index (χ2n) is 3.29. The molecule has 14 heavy (non-hydrogen) atoms. The van der Waals surface area contributed by atoms with Crippen LogP contribution in [-0.4, -0.2) is 18.1 Å². The summed E-state index contributed by atoms with van der Waals surface area (Å²) >= 11 is 0. The quantitative estimate of drug-likeness (QED) is 0.699. The third-order valence-corrected chi connectivity index (χ3v) is 3.24. The largest absolute Gasteiger partial charge is 0.506 e. The average Bonchev–Trinajstić information content (AvgIpc) is 1.97. The number of rotatable bonds is 1. The molecule has 0 aliphatic carbocycles. The van der Waals surface area contributed by atoms with E-state index >= 15 is 0 Å².